The maximum Gasteiger partial charge on any atom is 0.303 e. The Bertz CT molecular complexity index is 285. The van der Waals surface area contributed by atoms with E-state index in [-0.39, 0.29) is 17.8 Å². The molecule has 0 aromatic carbocycles. The normalized spacial score (nSPS) is 36.0. The van der Waals surface area contributed by atoms with Crippen molar-refractivity contribution in [3.63, 3.8) is 0 Å². The lowest BCUT2D eigenvalue weighted by Crippen LogP contribution is -2.38. The van der Waals surface area contributed by atoms with Crippen molar-refractivity contribution >= 4 is 11.8 Å². The lowest BCUT2D eigenvalue weighted by molar-refractivity contribution is -0.141. The summed E-state index contributed by atoms with van der Waals surface area (Å²) in [7, 11) is 0. The van der Waals surface area contributed by atoms with Crippen molar-refractivity contribution in [2.75, 3.05) is 0 Å². The maximum absolute atomic E-state index is 12.0. The average Bonchev–Trinajstić information content (AvgIpc) is 2.53. The van der Waals surface area contributed by atoms with Crippen molar-refractivity contribution in [3.8, 4) is 0 Å². The Balaban J connectivity index is 2.18. The fourth-order valence-electron chi connectivity index (χ4n) is 3.47. The number of ketones is 1. The summed E-state index contributed by atoms with van der Waals surface area (Å²) in [6.07, 6.45) is 6.82. The molecule has 0 aromatic heterocycles. The van der Waals surface area contributed by atoms with E-state index >= 15 is 0 Å². The van der Waals surface area contributed by atoms with Gasteiger partial charge >= 0.3 is 5.97 Å². The molecule has 3 heteroatoms. The first-order valence-corrected chi connectivity index (χ1v) is 5.90. The van der Waals surface area contributed by atoms with Gasteiger partial charge in [-0.3, -0.25) is 9.59 Å². The van der Waals surface area contributed by atoms with E-state index in [4.69, 9.17) is 5.11 Å². The molecular weight excluding hydrogens is 192 g/mol. The molecule has 2 fully saturated rings. The summed E-state index contributed by atoms with van der Waals surface area (Å²) >= 11 is 0. The first-order valence-electron chi connectivity index (χ1n) is 5.90. The monoisotopic (exact) mass is 210 g/mol. The zero-order chi connectivity index (χ0) is 10.9. The van der Waals surface area contributed by atoms with E-state index in [9.17, 15) is 9.59 Å². The topological polar surface area (TPSA) is 54.4 Å². The molecule has 0 aromatic rings. The van der Waals surface area contributed by atoms with Crippen LogP contribution in [0.2, 0.25) is 0 Å². The van der Waals surface area contributed by atoms with Crippen LogP contribution in [0.25, 0.3) is 0 Å². The Kier molecular flexibility index (Phi) is 2.81. The maximum atomic E-state index is 12.0. The third-order valence-electron chi connectivity index (χ3n) is 4.21. The molecule has 0 aliphatic heterocycles. The third kappa shape index (κ3) is 1.80. The SMILES string of the molecule is O=C(O)C[C@@H]1CCCC[C@@]12CCCC2=O. The zero-order valence-corrected chi connectivity index (χ0v) is 9.00. The van der Waals surface area contributed by atoms with Gasteiger partial charge in [-0.15, -0.1) is 0 Å². The first kappa shape index (κ1) is 10.7. The Morgan fingerprint density at radius 1 is 1.33 bits per heavy atom. The van der Waals surface area contributed by atoms with E-state index < -0.39 is 5.97 Å². The number of carbonyl (C=O) groups excluding carboxylic acids is 1. The molecule has 2 atom stereocenters. The largest absolute Gasteiger partial charge is 0.481 e. The van der Waals surface area contributed by atoms with Gasteiger partial charge in [-0.2, -0.15) is 0 Å². The van der Waals surface area contributed by atoms with Crippen LogP contribution in [0, 0.1) is 11.3 Å². The molecule has 1 N–H and O–H groups in total. The molecule has 0 saturated heterocycles. The van der Waals surface area contributed by atoms with Crippen LogP contribution in [-0.4, -0.2) is 16.9 Å². The van der Waals surface area contributed by atoms with Crippen molar-refractivity contribution < 1.29 is 14.7 Å². The first-order chi connectivity index (χ1) is 7.15. The van der Waals surface area contributed by atoms with Gasteiger partial charge in [0, 0.05) is 18.3 Å². The lowest BCUT2D eigenvalue weighted by atomic mass is 9.63. The number of aliphatic carboxylic acids is 1. The van der Waals surface area contributed by atoms with Gasteiger partial charge in [0.15, 0.2) is 0 Å². The van der Waals surface area contributed by atoms with E-state index in [0.29, 0.717) is 12.2 Å². The summed E-state index contributed by atoms with van der Waals surface area (Å²) < 4.78 is 0. The average molecular weight is 210 g/mol. The van der Waals surface area contributed by atoms with E-state index in [0.717, 1.165) is 38.5 Å². The third-order valence-corrected chi connectivity index (χ3v) is 4.21. The molecular formula is C12H18O3. The Hall–Kier alpha value is -0.860. The summed E-state index contributed by atoms with van der Waals surface area (Å²) in [6, 6.07) is 0. The van der Waals surface area contributed by atoms with Crippen LogP contribution in [0.3, 0.4) is 0 Å². The number of rotatable bonds is 2. The molecule has 0 unspecified atom stereocenters. The summed E-state index contributed by atoms with van der Waals surface area (Å²) in [5.74, 6) is -0.298. The molecule has 84 valence electrons. The Morgan fingerprint density at radius 3 is 2.67 bits per heavy atom. The van der Waals surface area contributed by atoms with Gasteiger partial charge in [-0.05, 0) is 31.6 Å². The number of hydrogen-bond acceptors (Lipinski definition) is 2. The molecule has 0 radical (unpaired) electrons. The molecule has 2 rings (SSSR count). The second kappa shape index (κ2) is 3.95. The number of Topliss-reactive ketones (excluding diaryl/α,β-unsaturated/α-hetero) is 1. The highest BCUT2D eigenvalue weighted by molar-refractivity contribution is 5.87. The lowest BCUT2D eigenvalue weighted by Gasteiger charge is -2.39. The summed E-state index contributed by atoms with van der Waals surface area (Å²) in [5.41, 5.74) is -0.239. The van der Waals surface area contributed by atoms with Gasteiger partial charge in [-0.25, -0.2) is 0 Å². The quantitative estimate of drug-likeness (QED) is 0.761. The minimum atomic E-state index is -0.749. The molecule has 2 aliphatic rings. The Morgan fingerprint density at radius 2 is 2.07 bits per heavy atom. The summed E-state index contributed by atoms with van der Waals surface area (Å²) in [5, 5.41) is 8.88. The fourth-order valence-corrected chi connectivity index (χ4v) is 3.47. The van der Waals surface area contributed by atoms with Crippen LogP contribution >= 0.6 is 0 Å². The smallest absolute Gasteiger partial charge is 0.303 e. The number of carbonyl (C=O) groups is 2. The Labute approximate surface area is 89.9 Å². The van der Waals surface area contributed by atoms with Crippen molar-refractivity contribution in [2.24, 2.45) is 11.3 Å². The fraction of sp³-hybridized carbons (Fsp3) is 0.833. The number of carboxylic acid groups (broad SMARTS) is 1. The molecule has 2 saturated carbocycles. The molecule has 2 aliphatic carbocycles. The highest BCUT2D eigenvalue weighted by Crippen LogP contribution is 2.51. The van der Waals surface area contributed by atoms with E-state index in [2.05, 4.69) is 0 Å². The van der Waals surface area contributed by atoms with Crippen LogP contribution in [0.5, 0.6) is 0 Å². The standard InChI is InChI=1S/C12H18O3/c13-10-5-3-7-12(10)6-2-1-4-9(12)8-11(14)15/h9H,1-8H2,(H,14,15)/t9-,12+/m0/s1. The van der Waals surface area contributed by atoms with Crippen molar-refractivity contribution in [2.45, 2.75) is 51.4 Å². The molecule has 0 bridgehead atoms. The van der Waals surface area contributed by atoms with Gasteiger partial charge in [0.05, 0.1) is 0 Å². The second-order valence-corrected chi connectivity index (χ2v) is 4.97. The summed E-state index contributed by atoms with van der Waals surface area (Å²) in [6.45, 7) is 0. The minimum Gasteiger partial charge on any atom is -0.481 e. The van der Waals surface area contributed by atoms with Crippen LogP contribution in [-0.2, 0) is 9.59 Å². The van der Waals surface area contributed by atoms with E-state index in [1.54, 1.807) is 0 Å². The zero-order valence-electron chi connectivity index (χ0n) is 9.00. The molecule has 15 heavy (non-hydrogen) atoms. The molecule has 0 amide bonds. The predicted octanol–water partition coefficient (Wildman–Crippen LogP) is 2.39. The van der Waals surface area contributed by atoms with Crippen molar-refractivity contribution in [1.29, 1.82) is 0 Å². The number of carboxylic acids is 1. The molecule has 0 heterocycles. The summed E-state index contributed by atoms with van der Waals surface area (Å²) in [4.78, 5) is 22.8. The predicted molar refractivity (Wildman–Crippen MR) is 55.5 cm³/mol. The van der Waals surface area contributed by atoms with Gasteiger partial charge in [0.1, 0.15) is 5.78 Å². The highest BCUT2D eigenvalue weighted by Gasteiger charge is 2.49. The van der Waals surface area contributed by atoms with E-state index in [1.807, 2.05) is 0 Å². The van der Waals surface area contributed by atoms with Gasteiger partial charge in [-0.1, -0.05) is 12.8 Å². The van der Waals surface area contributed by atoms with Gasteiger partial charge in [0.2, 0.25) is 0 Å². The molecule has 1 spiro atoms. The van der Waals surface area contributed by atoms with E-state index in [1.165, 1.54) is 0 Å². The molecule has 3 nitrogen and oxygen atoms in total. The minimum absolute atomic E-state index is 0.110. The van der Waals surface area contributed by atoms with Gasteiger partial charge in [0.25, 0.3) is 0 Å². The van der Waals surface area contributed by atoms with Crippen LogP contribution < -0.4 is 0 Å². The second-order valence-electron chi connectivity index (χ2n) is 4.97. The van der Waals surface area contributed by atoms with Crippen LogP contribution in [0.15, 0.2) is 0 Å². The van der Waals surface area contributed by atoms with Crippen LogP contribution in [0.1, 0.15) is 51.4 Å². The van der Waals surface area contributed by atoms with Crippen molar-refractivity contribution in [3.05, 3.63) is 0 Å². The van der Waals surface area contributed by atoms with Gasteiger partial charge < -0.3 is 5.11 Å². The highest BCUT2D eigenvalue weighted by atomic mass is 16.4. The number of hydrogen-bond donors (Lipinski definition) is 1. The van der Waals surface area contributed by atoms with Crippen molar-refractivity contribution in [1.82, 2.24) is 0 Å². The van der Waals surface area contributed by atoms with Crippen LogP contribution in [0.4, 0.5) is 0 Å².